The van der Waals surface area contributed by atoms with Crippen molar-refractivity contribution in [3.63, 3.8) is 0 Å². The summed E-state index contributed by atoms with van der Waals surface area (Å²) in [5.74, 6) is -0.387. The number of hydrogen-bond donors (Lipinski definition) is 2. The molecule has 0 atom stereocenters. The fourth-order valence-electron chi connectivity index (χ4n) is 1.68. The van der Waals surface area contributed by atoms with E-state index in [2.05, 4.69) is 27.9 Å². The van der Waals surface area contributed by atoms with Crippen molar-refractivity contribution in [3.05, 3.63) is 57.7 Å². The van der Waals surface area contributed by atoms with Crippen LogP contribution < -0.4 is 10.1 Å². The average Bonchev–Trinajstić information content (AvgIpc) is 2.44. The predicted octanol–water partition coefficient (Wildman–Crippen LogP) is 3.48. The van der Waals surface area contributed by atoms with Crippen LogP contribution in [0, 0.1) is 3.57 Å². The van der Waals surface area contributed by atoms with Crippen LogP contribution in [-0.4, -0.2) is 24.2 Å². The minimum atomic E-state index is -0.951. The van der Waals surface area contributed by atoms with Crippen molar-refractivity contribution in [2.45, 2.75) is 0 Å². The summed E-state index contributed by atoms with van der Waals surface area (Å²) < 4.78 is 6.69. The molecule has 0 bridgehead atoms. The molecule has 0 aliphatic heterocycles. The van der Waals surface area contributed by atoms with Gasteiger partial charge in [0.2, 0.25) is 0 Å². The zero-order valence-corrected chi connectivity index (χ0v) is 12.8. The SMILES string of the molecule is O=C(O)c1cccc(OCCNc2cccc(I)c2)c1. The molecule has 0 radical (unpaired) electrons. The van der Waals surface area contributed by atoms with Crippen molar-refractivity contribution in [1.29, 1.82) is 0 Å². The van der Waals surface area contributed by atoms with E-state index in [1.54, 1.807) is 18.2 Å². The molecule has 0 aliphatic rings. The van der Waals surface area contributed by atoms with Gasteiger partial charge in [-0.2, -0.15) is 0 Å². The van der Waals surface area contributed by atoms with Crippen molar-refractivity contribution in [2.75, 3.05) is 18.5 Å². The molecule has 0 unspecified atom stereocenters. The molecule has 2 aromatic rings. The summed E-state index contributed by atoms with van der Waals surface area (Å²) in [5, 5.41) is 12.1. The summed E-state index contributed by atoms with van der Waals surface area (Å²) in [6.45, 7) is 1.12. The third kappa shape index (κ3) is 4.41. The Hall–Kier alpha value is -1.76. The van der Waals surface area contributed by atoms with Crippen LogP contribution in [0.15, 0.2) is 48.5 Å². The minimum absolute atomic E-state index is 0.230. The van der Waals surface area contributed by atoms with Crippen LogP contribution in [0.4, 0.5) is 5.69 Å². The van der Waals surface area contributed by atoms with Gasteiger partial charge in [0.25, 0.3) is 0 Å². The van der Waals surface area contributed by atoms with E-state index in [-0.39, 0.29) is 5.56 Å². The van der Waals surface area contributed by atoms with Gasteiger partial charge in [-0.1, -0.05) is 12.1 Å². The summed E-state index contributed by atoms with van der Waals surface area (Å²) in [5.41, 5.74) is 1.27. The second-order valence-electron chi connectivity index (χ2n) is 4.12. The maximum absolute atomic E-state index is 10.8. The summed E-state index contributed by atoms with van der Waals surface area (Å²) >= 11 is 2.26. The minimum Gasteiger partial charge on any atom is -0.492 e. The van der Waals surface area contributed by atoms with Gasteiger partial charge < -0.3 is 15.2 Å². The highest BCUT2D eigenvalue weighted by Gasteiger charge is 2.03. The highest BCUT2D eigenvalue weighted by Crippen LogP contribution is 2.14. The maximum Gasteiger partial charge on any atom is 0.335 e. The highest BCUT2D eigenvalue weighted by molar-refractivity contribution is 14.1. The van der Waals surface area contributed by atoms with Crippen LogP contribution in [0.2, 0.25) is 0 Å². The van der Waals surface area contributed by atoms with Gasteiger partial charge in [-0.05, 0) is 59.0 Å². The fraction of sp³-hybridized carbons (Fsp3) is 0.133. The smallest absolute Gasteiger partial charge is 0.335 e. The van der Waals surface area contributed by atoms with Crippen molar-refractivity contribution in [1.82, 2.24) is 0 Å². The number of carbonyl (C=O) groups is 1. The van der Waals surface area contributed by atoms with Crippen LogP contribution in [-0.2, 0) is 0 Å². The number of nitrogens with one attached hydrogen (secondary N) is 1. The first kappa shape index (κ1) is 14.6. The maximum atomic E-state index is 10.8. The molecule has 20 heavy (non-hydrogen) atoms. The van der Waals surface area contributed by atoms with Crippen LogP contribution in [0.1, 0.15) is 10.4 Å². The largest absolute Gasteiger partial charge is 0.492 e. The van der Waals surface area contributed by atoms with E-state index in [0.717, 1.165) is 5.69 Å². The number of ether oxygens (including phenoxy) is 1. The summed E-state index contributed by atoms with van der Waals surface area (Å²) in [6.07, 6.45) is 0. The van der Waals surface area contributed by atoms with E-state index in [0.29, 0.717) is 18.9 Å². The summed E-state index contributed by atoms with van der Waals surface area (Å²) in [4.78, 5) is 10.8. The first-order chi connectivity index (χ1) is 9.65. The van der Waals surface area contributed by atoms with E-state index >= 15 is 0 Å². The number of halogens is 1. The molecule has 104 valence electrons. The molecule has 2 aromatic carbocycles. The number of rotatable bonds is 6. The highest BCUT2D eigenvalue weighted by atomic mass is 127. The molecule has 2 rings (SSSR count). The van der Waals surface area contributed by atoms with Crippen molar-refractivity contribution in [3.8, 4) is 5.75 Å². The number of carboxylic acid groups (broad SMARTS) is 1. The molecule has 0 heterocycles. The topological polar surface area (TPSA) is 58.6 Å². The third-order valence-corrected chi connectivity index (χ3v) is 3.28. The Bertz CT molecular complexity index is 601. The van der Waals surface area contributed by atoms with Gasteiger partial charge in [0.15, 0.2) is 0 Å². The zero-order valence-electron chi connectivity index (χ0n) is 10.7. The van der Waals surface area contributed by atoms with Crippen LogP contribution in [0.3, 0.4) is 0 Å². The van der Waals surface area contributed by atoms with Gasteiger partial charge in [0.1, 0.15) is 12.4 Å². The number of benzene rings is 2. The van der Waals surface area contributed by atoms with Crippen LogP contribution >= 0.6 is 22.6 Å². The van der Waals surface area contributed by atoms with Gasteiger partial charge in [-0.15, -0.1) is 0 Å². The predicted molar refractivity (Wildman–Crippen MR) is 86.5 cm³/mol. The Labute approximate surface area is 130 Å². The third-order valence-electron chi connectivity index (χ3n) is 2.61. The number of carboxylic acids is 1. The molecule has 5 heteroatoms. The fourth-order valence-corrected chi connectivity index (χ4v) is 2.22. The van der Waals surface area contributed by atoms with Gasteiger partial charge >= 0.3 is 5.97 Å². The number of anilines is 1. The Kier molecular flexibility index (Phi) is 5.23. The standard InChI is InChI=1S/C15H14INO3/c16-12-4-2-5-13(10-12)17-7-8-20-14-6-1-3-11(9-14)15(18)19/h1-6,9-10,17H,7-8H2,(H,18,19). The zero-order chi connectivity index (χ0) is 14.4. The van der Waals surface area contributed by atoms with Crippen molar-refractivity contribution in [2.24, 2.45) is 0 Å². The molecule has 0 fully saturated rings. The second kappa shape index (κ2) is 7.14. The Morgan fingerprint density at radius 2 is 2.00 bits per heavy atom. The molecule has 0 saturated heterocycles. The molecule has 4 nitrogen and oxygen atoms in total. The second-order valence-corrected chi connectivity index (χ2v) is 5.36. The number of hydrogen-bond acceptors (Lipinski definition) is 3. The Morgan fingerprint density at radius 1 is 1.20 bits per heavy atom. The number of aromatic carboxylic acids is 1. The quantitative estimate of drug-likeness (QED) is 0.593. The lowest BCUT2D eigenvalue weighted by atomic mass is 10.2. The Balaban J connectivity index is 1.81. The molecule has 0 aliphatic carbocycles. The van der Waals surface area contributed by atoms with E-state index in [1.165, 1.54) is 9.64 Å². The normalized spacial score (nSPS) is 10.1. The molecule has 0 amide bonds. The van der Waals surface area contributed by atoms with Gasteiger partial charge in [0, 0.05) is 15.8 Å². The van der Waals surface area contributed by atoms with Crippen molar-refractivity contribution < 1.29 is 14.6 Å². The van der Waals surface area contributed by atoms with Crippen LogP contribution in [0.5, 0.6) is 5.75 Å². The van der Waals surface area contributed by atoms with E-state index < -0.39 is 5.97 Å². The first-order valence-electron chi connectivity index (χ1n) is 6.11. The molecule has 0 saturated carbocycles. The van der Waals surface area contributed by atoms with Gasteiger partial charge in [-0.25, -0.2) is 4.79 Å². The lowest BCUT2D eigenvalue weighted by Gasteiger charge is -2.09. The lowest BCUT2D eigenvalue weighted by molar-refractivity contribution is 0.0696. The molecular formula is C15H14INO3. The molecule has 0 spiro atoms. The molecule has 0 aromatic heterocycles. The Morgan fingerprint density at radius 3 is 2.75 bits per heavy atom. The lowest BCUT2D eigenvalue weighted by Crippen LogP contribution is -2.11. The molecule has 2 N–H and O–H groups in total. The van der Waals surface area contributed by atoms with Gasteiger partial charge in [0.05, 0.1) is 5.56 Å². The first-order valence-corrected chi connectivity index (χ1v) is 7.18. The average molecular weight is 383 g/mol. The van der Waals surface area contributed by atoms with E-state index in [4.69, 9.17) is 9.84 Å². The van der Waals surface area contributed by atoms with E-state index in [9.17, 15) is 4.79 Å². The summed E-state index contributed by atoms with van der Waals surface area (Å²) in [7, 11) is 0. The van der Waals surface area contributed by atoms with E-state index in [1.807, 2.05) is 24.3 Å². The van der Waals surface area contributed by atoms with Crippen LogP contribution in [0.25, 0.3) is 0 Å². The molecular weight excluding hydrogens is 369 g/mol. The summed E-state index contributed by atoms with van der Waals surface area (Å²) in [6, 6.07) is 14.5. The van der Waals surface area contributed by atoms with Gasteiger partial charge in [-0.3, -0.25) is 0 Å². The monoisotopic (exact) mass is 383 g/mol. The van der Waals surface area contributed by atoms with Crippen molar-refractivity contribution >= 4 is 34.2 Å².